The van der Waals surface area contributed by atoms with E-state index < -0.39 is 6.10 Å². The summed E-state index contributed by atoms with van der Waals surface area (Å²) in [5.41, 5.74) is 2.04. The van der Waals surface area contributed by atoms with Crippen LogP contribution in [0, 0.1) is 5.92 Å². The van der Waals surface area contributed by atoms with Crippen molar-refractivity contribution in [2.45, 2.75) is 32.3 Å². The summed E-state index contributed by atoms with van der Waals surface area (Å²) in [7, 11) is 3.06. The Morgan fingerprint density at radius 2 is 1.90 bits per heavy atom. The lowest BCUT2D eigenvalue weighted by molar-refractivity contribution is -0.144. The minimum atomic E-state index is -0.655. The fourth-order valence-electron chi connectivity index (χ4n) is 3.80. The van der Waals surface area contributed by atoms with Crippen LogP contribution in [0.2, 0.25) is 5.02 Å². The minimum Gasteiger partial charge on any atom is -0.493 e. The number of nitrogens with zero attached hydrogens (tertiary/aromatic N) is 2. The summed E-state index contributed by atoms with van der Waals surface area (Å²) < 4.78 is 10.5. The van der Waals surface area contributed by atoms with Crippen molar-refractivity contribution in [3.8, 4) is 11.5 Å². The number of ether oxygens (including phenoxy) is 2. The average Bonchev–Trinajstić information content (AvgIpc) is 2.79. The van der Waals surface area contributed by atoms with Crippen LogP contribution >= 0.6 is 11.6 Å². The Balaban J connectivity index is 1.49. The first-order valence-electron chi connectivity index (χ1n) is 10.4. The number of carbonyl (C=O) groups is 1. The molecular formula is C24H29ClN2O4. The van der Waals surface area contributed by atoms with Crippen molar-refractivity contribution in [1.29, 1.82) is 0 Å². The van der Waals surface area contributed by atoms with Crippen LogP contribution in [-0.4, -0.2) is 50.4 Å². The number of methoxy groups -OCH3 is 2. The van der Waals surface area contributed by atoms with E-state index in [0.717, 1.165) is 32.4 Å². The largest absolute Gasteiger partial charge is 0.493 e. The average molecular weight is 445 g/mol. The first-order chi connectivity index (χ1) is 15.0. The molecule has 2 aromatic carbocycles. The highest BCUT2D eigenvalue weighted by Crippen LogP contribution is 2.35. The Kier molecular flexibility index (Phi) is 8.18. The van der Waals surface area contributed by atoms with Crippen molar-refractivity contribution >= 4 is 23.7 Å². The summed E-state index contributed by atoms with van der Waals surface area (Å²) >= 11 is 6.20. The topological polar surface area (TPSA) is 60.4 Å². The maximum atomic E-state index is 12.7. The first kappa shape index (κ1) is 22.9. The summed E-state index contributed by atoms with van der Waals surface area (Å²) in [5, 5.41) is 4.38. The number of rotatable bonds is 8. The van der Waals surface area contributed by atoms with Crippen LogP contribution in [0.3, 0.4) is 0 Å². The van der Waals surface area contributed by atoms with E-state index in [9.17, 15) is 4.79 Å². The lowest BCUT2D eigenvalue weighted by Gasteiger charge is -2.33. The highest BCUT2D eigenvalue weighted by molar-refractivity contribution is 6.32. The maximum Gasteiger partial charge on any atom is 0.266 e. The molecule has 1 aliphatic rings. The van der Waals surface area contributed by atoms with Crippen LogP contribution in [0.5, 0.6) is 11.5 Å². The van der Waals surface area contributed by atoms with Gasteiger partial charge < -0.3 is 19.2 Å². The first-order valence-corrected chi connectivity index (χ1v) is 10.8. The Bertz CT molecular complexity index is 896. The number of halogens is 1. The number of amides is 1. The molecule has 1 amide bonds. The Hall–Kier alpha value is -2.73. The zero-order chi connectivity index (χ0) is 22.2. The number of oxime groups is 1. The lowest BCUT2D eigenvalue weighted by Crippen LogP contribution is -2.43. The smallest absolute Gasteiger partial charge is 0.266 e. The van der Waals surface area contributed by atoms with Crippen molar-refractivity contribution in [2.24, 2.45) is 11.1 Å². The Labute approximate surface area is 188 Å². The molecule has 166 valence electrons. The van der Waals surface area contributed by atoms with E-state index >= 15 is 0 Å². The standard InChI is InChI=1S/C24H29ClN2O4/c1-17(31-26-16-20-14-21(25)23(30-3)22(15-20)29-2)24(28)27-11-9-19(10-12-27)13-18-7-5-4-6-8-18/h4-8,14-17,19H,9-13H2,1-3H3/b26-16+. The molecule has 0 aromatic heterocycles. The molecule has 6 nitrogen and oxygen atoms in total. The predicted octanol–water partition coefficient (Wildman–Crippen LogP) is 4.58. The zero-order valence-corrected chi connectivity index (χ0v) is 19.0. The molecule has 0 saturated carbocycles. The molecule has 1 saturated heterocycles. The van der Waals surface area contributed by atoms with Crippen molar-refractivity contribution in [1.82, 2.24) is 4.90 Å². The van der Waals surface area contributed by atoms with Gasteiger partial charge in [-0.3, -0.25) is 4.79 Å². The second-order valence-corrected chi connectivity index (χ2v) is 8.09. The van der Waals surface area contributed by atoms with Gasteiger partial charge in [-0.05, 0) is 49.8 Å². The van der Waals surface area contributed by atoms with Gasteiger partial charge in [-0.15, -0.1) is 0 Å². The quantitative estimate of drug-likeness (QED) is 0.441. The lowest BCUT2D eigenvalue weighted by atomic mass is 9.90. The van der Waals surface area contributed by atoms with Crippen LogP contribution < -0.4 is 9.47 Å². The van der Waals surface area contributed by atoms with Gasteiger partial charge in [0.05, 0.1) is 25.5 Å². The highest BCUT2D eigenvalue weighted by atomic mass is 35.5. The molecule has 0 radical (unpaired) electrons. The van der Waals surface area contributed by atoms with Crippen molar-refractivity contribution < 1.29 is 19.1 Å². The second kappa shape index (κ2) is 11.0. The molecule has 0 spiro atoms. The molecule has 7 heteroatoms. The third kappa shape index (κ3) is 6.14. The van der Waals surface area contributed by atoms with Gasteiger partial charge in [-0.1, -0.05) is 47.1 Å². The molecule has 1 unspecified atom stereocenters. The maximum absolute atomic E-state index is 12.7. The molecule has 31 heavy (non-hydrogen) atoms. The van der Waals surface area contributed by atoms with Gasteiger partial charge in [-0.2, -0.15) is 0 Å². The molecule has 3 rings (SSSR count). The van der Waals surface area contributed by atoms with E-state index in [0.29, 0.717) is 28.0 Å². The molecule has 0 bridgehead atoms. The Morgan fingerprint density at radius 3 is 2.55 bits per heavy atom. The van der Waals surface area contributed by atoms with E-state index in [2.05, 4.69) is 29.4 Å². The van der Waals surface area contributed by atoms with E-state index in [-0.39, 0.29) is 5.91 Å². The fraction of sp³-hybridized carbons (Fsp3) is 0.417. The van der Waals surface area contributed by atoms with Gasteiger partial charge in [0.25, 0.3) is 5.91 Å². The molecule has 1 atom stereocenters. The number of carbonyl (C=O) groups excluding carboxylic acids is 1. The summed E-state index contributed by atoms with van der Waals surface area (Å²) in [4.78, 5) is 20.0. The van der Waals surface area contributed by atoms with Crippen LogP contribution in [-0.2, 0) is 16.1 Å². The normalized spacial score (nSPS) is 15.7. The van der Waals surface area contributed by atoms with Gasteiger partial charge >= 0.3 is 0 Å². The molecule has 1 aliphatic heterocycles. The van der Waals surface area contributed by atoms with Crippen LogP contribution in [0.25, 0.3) is 0 Å². The monoisotopic (exact) mass is 444 g/mol. The molecule has 0 N–H and O–H groups in total. The number of hydrogen-bond acceptors (Lipinski definition) is 5. The third-order valence-corrected chi connectivity index (χ3v) is 5.80. The van der Waals surface area contributed by atoms with Crippen LogP contribution in [0.4, 0.5) is 0 Å². The van der Waals surface area contributed by atoms with Crippen LogP contribution in [0.1, 0.15) is 30.9 Å². The van der Waals surface area contributed by atoms with E-state index in [1.165, 1.54) is 26.0 Å². The van der Waals surface area contributed by atoms with E-state index in [4.69, 9.17) is 25.9 Å². The van der Waals surface area contributed by atoms with E-state index in [1.807, 2.05) is 11.0 Å². The minimum absolute atomic E-state index is 0.0411. The zero-order valence-electron chi connectivity index (χ0n) is 18.2. The van der Waals surface area contributed by atoms with Crippen molar-refractivity contribution in [3.63, 3.8) is 0 Å². The number of piperidine rings is 1. The summed E-state index contributed by atoms with van der Waals surface area (Å²) in [6.07, 6.45) is 3.91. The summed E-state index contributed by atoms with van der Waals surface area (Å²) in [6.45, 7) is 3.22. The van der Waals surface area contributed by atoms with Crippen molar-refractivity contribution in [3.05, 3.63) is 58.6 Å². The Morgan fingerprint density at radius 1 is 1.19 bits per heavy atom. The molecule has 1 fully saturated rings. The van der Waals surface area contributed by atoms with Gasteiger partial charge in [0.2, 0.25) is 6.10 Å². The van der Waals surface area contributed by atoms with Gasteiger partial charge in [0.1, 0.15) is 0 Å². The fourth-order valence-corrected chi connectivity index (χ4v) is 4.10. The molecule has 0 aliphatic carbocycles. The predicted molar refractivity (Wildman–Crippen MR) is 122 cm³/mol. The summed E-state index contributed by atoms with van der Waals surface area (Å²) in [5.74, 6) is 1.52. The van der Waals surface area contributed by atoms with Gasteiger partial charge in [-0.25, -0.2) is 0 Å². The second-order valence-electron chi connectivity index (χ2n) is 7.68. The third-order valence-electron chi connectivity index (χ3n) is 5.52. The van der Waals surface area contributed by atoms with Gasteiger partial charge in [0.15, 0.2) is 11.5 Å². The number of likely N-dealkylation sites (tertiary alicyclic amines) is 1. The molecular weight excluding hydrogens is 416 g/mol. The number of hydrogen-bond donors (Lipinski definition) is 0. The van der Waals surface area contributed by atoms with Crippen molar-refractivity contribution in [2.75, 3.05) is 27.3 Å². The van der Waals surface area contributed by atoms with E-state index in [1.54, 1.807) is 19.1 Å². The molecule has 1 heterocycles. The summed E-state index contributed by atoms with van der Waals surface area (Å²) in [6, 6.07) is 13.9. The van der Waals surface area contributed by atoms with Gasteiger partial charge in [0, 0.05) is 18.7 Å². The molecule has 2 aromatic rings. The van der Waals surface area contributed by atoms with Crippen LogP contribution in [0.15, 0.2) is 47.6 Å². The SMILES string of the molecule is COc1cc(/C=N/OC(C)C(=O)N2CCC(Cc3ccccc3)CC2)cc(Cl)c1OC. The highest BCUT2D eigenvalue weighted by Gasteiger charge is 2.27. The number of benzene rings is 2.